The average Bonchev–Trinajstić information content (AvgIpc) is 3.05. The Balaban J connectivity index is 2.19. The van der Waals surface area contributed by atoms with Gasteiger partial charge in [-0.15, -0.1) is 0 Å². The number of halogens is 1. The lowest BCUT2D eigenvalue weighted by Gasteiger charge is -2.15. The van der Waals surface area contributed by atoms with Crippen LogP contribution >= 0.6 is 0 Å². The van der Waals surface area contributed by atoms with Crippen LogP contribution in [0.4, 0.5) is 4.39 Å². The summed E-state index contributed by atoms with van der Waals surface area (Å²) in [5.74, 6) is -0.603. The number of hydrogen-bond acceptors (Lipinski definition) is 2. The monoisotopic (exact) mass is 205 g/mol. The molecule has 1 aliphatic rings. The lowest BCUT2D eigenvalue weighted by molar-refractivity contribution is 0.138. The van der Waals surface area contributed by atoms with Crippen LogP contribution in [0.3, 0.4) is 0 Å². The van der Waals surface area contributed by atoms with Gasteiger partial charge in [0.2, 0.25) is 0 Å². The third kappa shape index (κ3) is 2.16. The van der Waals surface area contributed by atoms with E-state index in [1.54, 1.807) is 12.1 Å². The molecule has 1 aliphatic carbocycles. The molecule has 0 bridgehead atoms. The van der Waals surface area contributed by atoms with Crippen molar-refractivity contribution >= 4 is 0 Å². The minimum absolute atomic E-state index is 0.250. The van der Waals surface area contributed by atoms with E-state index in [-0.39, 0.29) is 11.7 Å². The van der Waals surface area contributed by atoms with Crippen LogP contribution in [0.15, 0.2) is 24.3 Å². The van der Waals surface area contributed by atoms with Crippen LogP contribution < -0.4 is 0 Å². The molecule has 1 fully saturated rings. The minimum atomic E-state index is -0.611. The molecule has 0 saturated heterocycles. The van der Waals surface area contributed by atoms with Crippen molar-refractivity contribution in [2.24, 2.45) is 5.92 Å². The zero-order chi connectivity index (χ0) is 10.8. The van der Waals surface area contributed by atoms with Crippen LogP contribution in [0.1, 0.15) is 24.3 Å². The zero-order valence-electron chi connectivity index (χ0n) is 8.23. The third-order valence-electron chi connectivity index (χ3n) is 2.81. The van der Waals surface area contributed by atoms with Crippen molar-refractivity contribution in [3.63, 3.8) is 0 Å². The number of aliphatic hydroxyl groups is 1. The Morgan fingerprint density at radius 2 is 1.93 bits per heavy atom. The number of nitriles is 1. The lowest BCUT2D eigenvalue weighted by atomic mass is 9.92. The summed E-state index contributed by atoms with van der Waals surface area (Å²) in [5, 5.41) is 18.8. The summed E-state index contributed by atoms with van der Waals surface area (Å²) in [4.78, 5) is 0. The minimum Gasteiger partial charge on any atom is -0.391 e. The van der Waals surface area contributed by atoms with E-state index in [2.05, 4.69) is 6.07 Å². The molecule has 0 heterocycles. The molecule has 0 radical (unpaired) electrons. The number of nitrogens with zero attached hydrogens (tertiary/aromatic N) is 1. The molecule has 1 saturated carbocycles. The fourth-order valence-corrected chi connectivity index (χ4v) is 1.73. The van der Waals surface area contributed by atoms with Crippen LogP contribution in [0.5, 0.6) is 0 Å². The van der Waals surface area contributed by atoms with Crippen LogP contribution in [0, 0.1) is 23.1 Å². The summed E-state index contributed by atoms with van der Waals surface area (Å²) < 4.78 is 12.7. The molecule has 2 rings (SSSR count). The van der Waals surface area contributed by atoms with E-state index >= 15 is 0 Å². The second kappa shape index (κ2) is 4.00. The molecular weight excluding hydrogens is 193 g/mol. The quantitative estimate of drug-likeness (QED) is 0.822. The first kappa shape index (κ1) is 10.1. The molecule has 2 unspecified atom stereocenters. The Labute approximate surface area is 88.0 Å². The Bertz CT molecular complexity index is 378. The summed E-state index contributed by atoms with van der Waals surface area (Å²) >= 11 is 0. The van der Waals surface area contributed by atoms with E-state index in [9.17, 15) is 9.50 Å². The van der Waals surface area contributed by atoms with Gasteiger partial charge in [0.15, 0.2) is 0 Å². The molecule has 1 aromatic rings. The average molecular weight is 205 g/mol. The standard InChI is InChI=1S/C12H12FNO/c13-10-5-3-8(4-6-10)11(7-14)12(15)9-1-2-9/h3-6,9,11-12,15H,1-2H2. The summed E-state index contributed by atoms with van der Waals surface area (Å²) in [6.07, 6.45) is 1.36. The van der Waals surface area contributed by atoms with Crippen LogP contribution in [-0.4, -0.2) is 11.2 Å². The molecular formula is C12H12FNO. The van der Waals surface area contributed by atoms with Crippen molar-refractivity contribution in [1.29, 1.82) is 5.26 Å². The molecule has 0 aromatic heterocycles. The maximum Gasteiger partial charge on any atom is 0.123 e. The summed E-state index contributed by atoms with van der Waals surface area (Å²) in [7, 11) is 0. The Kier molecular flexibility index (Phi) is 2.70. The van der Waals surface area contributed by atoms with E-state index in [0.29, 0.717) is 5.56 Å². The predicted molar refractivity (Wildman–Crippen MR) is 53.5 cm³/mol. The smallest absolute Gasteiger partial charge is 0.123 e. The first-order valence-corrected chi connectivity index (χ1v) is 5.05. The second-order valence-electron chi connectivity index (χ2n) is 3.99. The Morgan fingerprint density at radius 3 is 2.40 bits per heavy atom. The largest absolute Gasteiger partial charge is 0.391 e. The highest BCUT2D eigenvalue weighted by atomic mass is 19.1. The van der Waals surface area contributed by atoms with E-state index in [0.717, 1.165) is 12.8 Å². The third-order valence-corrected chi connectivity index (χ3v) is 2.81. The Morgan fingerprint density at radius 1 is 1.33 bits per heavy atom. The van der Waals surface area contributed by atoms with Gasteiger partial charge in [0.25, 0.3) is 0 Å². The van der Waals surface area contributed by atoms with Gasteiger partial charge in [0, 0.05) is 0 Å². The Hall–Kier alpha value is -1.40. The molecule has 3 heteroatoms. The molecule has 78 valence electrons. The van der Waals surface area contributed by atoms with Crippen LogP contribution in [-0.2, 0) is 0 Å². The fraction of sp³-hybridized carbons (Fsp3) is 0.417. The molecule has 2 atom stereocenters. The molecule has 15 heavy (non-hydrogen) atoms. The van der Waals surface area contributed by atoms with Gasteiger partial charge < -0.3 is 5.11 Å². The van der Waals surface area contributed by atoms with Gasteiger partial charge in [-0.25, -0.2) is 4.39 Å². The van der Waals surface area contributed by atoms with Crippen molar-refractivity contribution < 1.29 is 9.50 Å². The molecule has 0 aliphatic heterocycles. The van der Waals surface area contributed by atoms with Gasteiger partial charge in [-0.05, 0) is 36.5 Å². The van der Waals surface area contributed by atoms with Gasteiger partial charge >= 0.3 is 0 Å². The molecule has 2 nitrogen and oxygen atoms in total. The van der Waals surface area contributed by atoms with E-state index < -0.39 is 12.0 Å². The van der Waals surface area contributed by atoms with E-state index in [1.807, 2.05) is 0 Å². The fourth-order valence-electron chi connectivity index (χ4n) is 1.73. The molecule has 0 spiro atoms. The molecule has 1 aromatic carbocycles. The first-order valence-electron chi connectivity index (χ1n) is 5.05. The van der Waals surface area contributed by atoms with Crippen molar-refractivity contribution in [3.05, 3.63) is 35.6 Å². The molecule has 0 amide bonds. The van der Waals surface area contributed by atoms with Gasteiger partial charge in [0.1, 0.15) is 5.82 Å². The maximum absolute atomic E-state index is 12.7. The highest BCUT2D eigenvalue weighted by molar-refractivity contribution is 5.27. The van der Waals surface area contributed by atoms with Gasteiger partial charge in [-0.3, -0.25) is 0 Å². The SMILES string of the molecule is N#CC(c1ccc(F)cc1)C(O)C1CC1. The number of rotatable bonds is 3. The highest BCUT2D eigenvalue weighted by Gasteiger charge is 2.35. The normalized spacial score (nSPS) is 19.3. The van der Waals surface area contributed by atoms with Gasteiger partial charge in [0.05, 0.1) is 18.1 Å². The number of benzene rings is 1. The van der Waals surface area contributed by atoms with Crippen molar-refractivity contribution in [1.82, 2.24) is 0 Å². The summed E-state index contributed by atoms with van der Waals surface area (Å²) in [5.41, 5.74) is 0.693. The number of aliphatic hydroxyl groups excluding tert-OH is 1. The first-order chi connectivity index (χ1) is 7.22. The second-order valence-corrected chi connectivity index (χ2v) is 3.99. The highest BCUT2D eigenvalue weighted by Crippen LogP contribution is 2.38. The summed E-state index contributed by atoms with van der Waals surface area (Å²) in [6, 6.07) is 7.85. The van der Waals surface area contributed by atoms with Crippen molar-refractivity contribution in [2.75, 3.05) is 0 Å². The van der Waals surface area contributed by atoms with Crippen molar-refractivity contribution in [3.8, 4) is 6.07 Å². The summed E-state index contributed by atoms with van der Waals surface area (Å²) in [6.45, 7) is 0. The van der Waals surface area contributed by atoms with E-state index in [1.165, 1.54) is 12.1 Å². The number of hydrogen-bond donors (Lipinski definition) is 1. The van der Waals surface area contributed by atoms with Gasteiger partial charge in [-0.1, -0.05) is 12.1 Å². The van der Waals surface area contributed by atoms with Crippen molar-refractivity contribution in [2.45, 2.75) is 24.9 Å². The van der Waals surface area contributed by atoms with Crippen LogP contribution in [0.25, 0.3) is 0 Å². The van der Waals surface area contributed by atoms with Crippen LogP contribution in [0.2, 0.25) is 0 Å². The topological polar surface area (TPSA) is 44.0 Å². The van der Waals surface area contributed by atoms with E-state index in [4.69, 9.17) is 5.26 Å². The molecule has 1 N–H and O–H groups in total. The zero-order valence-corrected chi connectivity index (χ0v) is 8.23. The predicted octanol–water partition coefficient (Wildman–Crippen LogP) is 2.20. The lowest BCUT2D eigenvalue weighted by Crippen LogP contribution is -2.19. The maximum atomic E-state index is 12.7. The van der Waals surface area contributed by atoms with Gasteiger partial charge in [-0.2, -0.15) is 5.26 Å².